The van der Waals surface area contributed by atoms with Crippen molar-refractivity contribution in [1.82, 2.24) is 5.32 Å². The number of benzene rings is 1. The summed E-state index contributed by atoms with van der Waals surface area (Å²) in [6.45, 7) is 4.46. The first-order valence-corrected chi connectivity index (χ1v) is 6.07. The topological polar surface area (TPSA) is 49.3 Å². The molecule has 0 spiro atoms. The van der Waals surface area contributed by atoms with Gasteiger partial charge in [0.1, 0.15) is 5.54 Å². The van der Waals surface area contributed by atoms with Gasteiger partial charge in [-0.1, -0.05) is 24.3 Å². The molecule has 3 heteroatoms. The maximum atomic E-state index is 11.3. The van der Waals surface area contributed by atoms with Gasteiger partial charge in [0.05, 0.1) is 0 Å². The van der Waals surface area contributed by atoms with Gasteiger partial charge >= 0.3 is 5.97 Å². The van der Waals surface area contributed by atoms with Crippen molar-refractivity contribution in [1.29, 1.82) is 0 Å². The Morgan fingerprint density at radius 3 is 2.65 bits per heavy atom. The summed E-state index contributed by atoms with van der Waals surface area (Å²) >= 11 is 0. The molecule has 0 aliphatic heterocycles. The van der Waals surface area contributed by atoms with E-state index in [4.69, 9.17) is 0 Å². The van der Waals surface area contributed by atoms with Gasteiger partial charge in [0.25, 0.3) is 0 Å². The Labute approximate surface area is 102 Å². The largest absolute Gasteiger partial charge is 0.480 e. The van der Waals surface area contributed by atoms with Gasteiger partial charge in [-0.3, -0.25) is 10.1 Å². The molecule has 92 valence electrons. The predicted molar refractivity (Wildman–Crippen MR) is 66.8 cm³/mol. The highest BCUT2D eigenvalue weighted by molar-refractivity contribution is 5.79. The lowest BCUT2D eigenvalue weighted by atomic mass is 9.95. The van der Waals surface area contributed by atoms with Gasteiger partial charge in [-0.25, -0.2) is 0 Å². The molecule has 0 amide bonds. The molecule has 3 nitrogen and oxygen atoms in total. The van der Waals surface area contributed by atoms with Crippen molar-refractivity contribution in [2.24, 2.45) is 5.92 Å². The van der Waals surface area contributed by atoms with Crippen LogP contribution >= 0.6 is 0 Å². The van der Waals surface area contributed by atoms with E-state index in [1.54, 1.807) is 6.92 Å². The van der Waals surface area contributed by atoms with Crippen molar-refractivity contribution in [2.75, 3.05) is 0 Å². The van der Waals surface area contributed by atoms with Crippen LogP contribution in [0.5, 0.6) is 0 Å². The molecule has 2 rings (SSSR count). The number of rotatable bonds is 5. The van der Waals surface area contributed by atoms with E-state index in [0.717, 1.165) is 12.8 Å². The van der Waals surface area contributed by atoms with Gasteiger partial charge in [-0.05, 0) is 43.7 Å². The second kappa shape index (κ2) is 4.49. The highest BCUT2D eigenvalue weighted by Crippen LogP contribution is 2.39. The van der Waals surface area contributed by atoms with Crippen LogP contribution < -0.4 is 5.32 Å². The number of aliphatic carboxylic acids is 1. The van der Waals surface area contributed by atoms with Crippen LogP contribution in [-0.4, -0.2) is 16.6 Å². The van der Waals surface area contributed by atoms with E-state index in [-0.39, 0.29) is 5.92 Å². The lowest BCUT2D eigenvalue weighted by molar-refractivity contribution is -0.145. The minimum Gasteiger partial charge on any atom is -0.480 e. The summed E-state index contributed by atoms with van der Waals surface area (Å²) < 4.78 is 0. The average Bonchev–Trinajstić information content (AvgIpc) is 3.11. The Morgan fingerprint density at radius 2 is 2.12 bits per heavy atom. The van der Waals surface area contributed by atoms with Crippen molar-refractivity contribution in [2.45, 2.75) is 38.8 Å². The quantitative estimate of drug-likeness (QED) is 0.820. The number of hydrogen-bond acceptors (Lipinski definition) is 2. The Hall–Kier alpha value is -1.35. The van der Waals surface area contributed by atoms with E-state index in [1.165, 1.54) is 11.1 Å². The van der Waals surface area contributed by atoms with E-state index in [0.29, 0.717) is 6.54 Å². The number of nitrogens with one attached hydrogen (secondary N) is 1. The molecule has 0 radical (unpaired) electrons. The maximum absolute atomic E-state index is 11.3. The lowest BCUT2D eigenvalue weighted by Gasteiger charge is -2.26. The number of carbonyl (C=O) groups is 1. The summed E-state index contributed by atoms with van der Waals surface area (Å²) in [5.41, 5.74) is 1.59. The van der Waals surface area contributed by atoms with Gasteiger partial charge in [0.15, 0.2) is 0 Å². The zero-order chi connectivity index (χ0) is 12.5. The smallest absolute Gasteiger partial charge is 0.323 e. The van der Waals surface area contributed by atoms with E-state index in [9.17, 15) is 9.90 Å². The molecule has 1 aromatic carbocycles. The molecular weight excluding hydrogens is 214 g/mol. The molecule has 1 atom stereocenters. The van der Waals surface area contributed by atoms with Crippen LogP contribution in [0.15, 0.2) is 24.3 Å². The summed E-state index contributed by atoms with van der Waals surface area (Å²) in [6, 6.07) is 8.07. The van der Waals surface area contributed by atoms with Gasteiger partial charge in [0, 0.05) is 6.54 Å². The zero-order valence-corrected chi connectivity index (χ0v) is 10.4. The van der Waals surface area contributed by atoms with Crippen molar-refractivity contribution >= 4 is 5.97 Å². The number of hydrogen-bond donors (Lipinski definition) is 2. The summed E-state index contributed by atoms with van der Waals surface area (Å²) in [7, 11) is 0. The Bertz CT molecular complexity index is 426. The molecule has 17 heavy (non-hydrogen) atoms. The van der Waals surface area contributed by atoms with Crippen LogP contribution in [0.3, 0.4) is 0 Å². The summed E-state index contributed by atoms with van der Waals surface area (Å²) in [4.78, 5) is 11.3. The van der Waals surface area contributed by atoms with E-state index < -0.39 is 11.5 Å². The standard InChI is InChI=1S/C14H19NO2/c1-10-5-3-4-6-11(10)9-15-14(2,13(16)17)12-7-8-12/h3-6,12,15H,7-9H2,1-2H3,(H,16,17). The molecule has 1 fully saturated rings. The van der Waals surface area contributed by atoms with E-state index in [1.807, 2.05) is 31.2 Å². The summed E-state index contributed by atoms with van der Waals surface area (Å²) in [6.07, 6.45) is 2.03. The second-order valence-corrected chi connectivity index (χ2v) is 5.06. The first-order valence-electron chi connectivity index (χ1n) is 6.07. The molecule has 0 aromatic heterocycles. The highest BCUT2D eigenvalue weighted by atomic mass is 16.4. The fourth-order valence-corrected chi connectivity index (χ4v) is 2.14. The predicted octanol–water partition coefficient (Wildman–Crippen LogP) is 2.34. The molecule has 1 unspecified atom stereocenters. The van der Waals surface area contributed by atoms with Crippen molar-refractivity contribution < 1.29 is 9.90 Å². The fourth-order valence-electron chi connectivity index (χ4n) is 2.14. The third-order valence-corrected chi connectivity index (χ3v) is 3.75. The summed E-state index contributed by atoms with van der Waals surface area (Å²) in [5.74, 6) is -0.461. The lowest BCUT2D eigenvalue weighted by Crippen LogP contribution is -2.51. The van der Waals surface area contributed by atoms with Crippen LogP contribution in [0.2, 0.25) is 0 Å². The summed E-state index contributed by atoms with van der Waals surface area (Å²) in [5, 5.41) is 12.5. The number of aryl methyl sites for hydroxylation is 1. The molecule has 0 saturated heterocycles. The van der Waals surface area contributed by atoms with Crippen LogP contribution in [0.1, 0.15) is 30.9 Å². The van der Waals surface area contributed by atoms with Crippen LogP contribution in [0.25, 0.3) is 0 Å². The van der Waals surface area contributed by atoms with Crippen molar-refractivity contribution in [3.63, 3.8) is 0 Å². The number of carboxylic acid groups (broad SMARTS) is 1. The van der Waals surface area contributed by atoms with E-state index in [2.05, 4.69) is 5.32 Å². The van der Waals surface area contributed by atoms with Crippen molar-refractivity contribution in [3.05, 3.63) is 35.4 Å². The minimum atomic E-state index is -0.776. The molecular formula is C14H19NO2. The number of carboxylic acids is 1. The zero-order valence-electron chi connectivity index (χ0n) is 10.4. The van der Waals surface area contributed by atoms with Crippen LogP contribution in [0.4, 0.5) is 0 Å². The van der Waals surface area contributed by atoms with Crippen LogP contribution in [0, 0.1) is 12.8 Å². The Morgan fingerprint density at radius 1 is 1.47 bits per heavy atom. The molecule has 1 aliphatic rings. The van der Waals surface area contributed by atoms with Gasteiger partial charge in [-0.15, -0.1) is 0 Å². The molecule has 0 bridgehead atoms. The van der Waals surface area contributed by atoms with Crippen LogP contribution in [-0.2, 0) is 11.3 Å². The SMILES string of the molecule is Cc1ccccc1CNC(C)(C(=O)O)C1CC1. The third kappa shape index (κ3) is 2.50. The monoisotopic (exact) mass is 233 g/mol. The average molecular weight is 233 g/mol. The minimum absolute atomic E-state index is 0.281. The van der Waals surface area contributed by atoms with Gasteiger partial charge < -0.3 is 5.11 Å². The molecule has 1 saturated carbocycles. The highest BCUT2D eigenvalue weighted by Gasteiger charge is 2.47. The Kier molecular flexibility index (Phi) is 3.20. The second-order valence-electron chi connectivity index (χ2n) is 5.06. The normalized spacial score (nSPS) is 18.7. The van der Waals surface area contributed by atoms with Gasteiger partial charge in [0.2, 0.25) is 0 Å². The van der Waals surface area contributed by atoms with E-state index >= 15 is 0 Å². The maximum Gasteiger partial charge on any atom is 0.323 e. The molecule has 1 aromatic rings. The Balaban J connectivity index is 2.06. The third-order valence-electron chi connectivity index (χ3n) is 3.75. The van der Waals surface area contributed by atoms with Crippen molar-refractivity contribution in [3.8, 4) is 0 Å². The molecule has 1 aliphatic carbocycles. The van der Waals surface area contributed by atoms with Gasteiger partial charge in [-0.2, -0.15) is 0 Å². The first kappa shape index (κ1) is 12.1. The first-order chi connectivity index (χ1) is 8.04. The fraction of sp³-hybridized carbons (Fsp3) is 0.500. The molecule has 2 N–H and O–H groups in total. The molecule has 0 heterocycles.